The molecule has 0 radical (unpaired) electrons. The Morgan fingerprint density at radius 2 is 0.833 bits per heavy atom. The minimum Gasteiger partial charge on any atom is -0.462 e. The fourth-order valence-electron chi connectivity index (χ4n) is 6.14. The van der Waals surface area contributed by atoms with Crippen LogP contribution in [-0.4, -0.2) is 37.9 Å². The molecule has 0 fully saturated rings. The molecule has 1 unspecified atom stereocenters. The van der Waals surface area contributed by atoms with Crippen molar-refractivity contribution < 1.29 is 23.8 Å². The maximum atomic E-state index is 12.7. The second-order valence-electron chi connectivity index (χ2n) is 14.9. The van der Waals surface area contributed by atoms with Gasteiger partial charge in [0.2, 0.25) is 0 Å². The first-order valence-electron chi connectivity index (χ1n) is 22.8. The standard InChI is InChI=1S/C49H86O5/c1-4-7-10-13-16-18-20-22-23-24-25-26-27-29-30-32-34-36-39-42-48(50)53-46-47(45-52-44-41-38-15-12-9-6-3)54-49(51)43-40-37-35-33-31-28-21-19-17-14-11-8-5-2/h7,10,16,18-19,21-23,25-26,47H,4-6,8-9,11-15,17,20,24,27-46H2,1-3H3/b10-7-,18-16-,21-19-,23-22-,26-25-. The minimum absolute atomic E-state index is 0.0739. The number of hydrogen-bond donors (Lipinski definition) is 0. The Kier molecular flexibility index (Phi) is 43.0. The summed E-state index contributed by atoms with van der Waals surface area (Å²) in [6.45, 7) is 7.64. The number of carbonyl (C=O) groups excluding carboxylic acids is 2. The third kappa shape index (κ3) is 42.3. The molecular formula is C49H86O5. The van der Waals surface area contributed by atoms with Crippen LogP contribution >= 0.6 is 0 Å². The number of carbonyl (C=O) groups is 2. The maximum absolute atomic E-state index is 12.7. The van der Waals surface area contributed by atoms with Crippen molar-refractivity contribution in [2.75, 3.05) is 19.8 Å². The van der Waals surface area contributed by atoms with Gasteiger partial charge in [0.1, 0.15) is 6.61 Å². The predicted molar refractivity (Wildman–Crippen MR) is 233 cm³/mol. The van der Waals surface area contributed by atoms with E-state index in [0.29, 0.717) is 19.4 Å². The first kappa shape index (κ1) is 51.6. The molecule has 312 valence electrons. The molecular weight excluding hydrogens is 669 g/mol. The first-order valence-corrected chi connectivity index (χ1v) is 22.8. The number of esters is 2. The van der Waals surface area contributed by atoms with Crippen LogP contribution in [0.3, 0.4) is 0 Å². The van der Waals surface area contributed by atoms with Gasteiger partial charge in [-0.3, -0.25) is 9.59 Å². The van der Waals surface area contributed by atoms with Crippen molar-refractivity contribution in [3.8, 4) is 0 Å². The molecule has 5 nitrogen and oxygen atoms in total. The number of rotatable bonds is 41. The molecule has 0 N–H and O–H groups in total. The van der Waals surface area contributed by atoms with Crippen molar-refractivity contribution in [2.45, 2.75) is 219 Å². The van der Waals surface area contributed by atoms with Crippen molar-refractivity contribution in [2.24, 2.45) is 0 Å². The van der Waals surface area contributed by atoms with Crippen molar-refractivity contribution in [3.63, 3.8) is 0 Å². The third-order valence-electron chi connectivity index (χ3n) is 9.54. The average Bonchev–Trinajstić information content (AvgIpc) is 3.17. The molecule has 54 heavy (non-hydrogen) atoms. The highest BCUT2D eigenvalue weighted by atomic mass is 16.6. The van der Waals surface area contributed by atoms with Crippen LogP contribution in [0.5, 0.6) is 0 Å². The van der Waals surface area contributed by atoms with Crippen LogP contribution in [0.1, 0.15) is 213 Å². The Morgan fingerprint density at radius 3 is 1.37 bits per heavy atom. The van der Waals surface area contributed by atoms with Gasteiger partial charge in [-0.1, -0.05) is 178 Å². The van der Waals surface area contributed by atoms with Crippen LogP contribution in [0.4, 0.5) is 0 Å². The molecule has 0 aromatic heterocycles. The van der Waals surface area contributed by atoms with E-state index < -0.39 is 6.10 Å². The van der Waals surface area contributed by atoms with Crippen LogP contribution in [0, 0.1) is 0 Å². The summed E-state index contributed by atoms with van der Waals surface area (Å²) in [6.07, 6.45) is 55.1. The van der Waals surface area contributed by atoms with Gasteiger partial charge < -0.3 is 14.2 Å². The normalized spacial score (nSPS) is 12.7. The fraction of sp³-hybridized carbons (Fsp3) is 0.755. The van der Waals surface area contributed by atoms with Crippen LogP contribution in [0.2, 0.25) is 0 Å². The smallest absolute Gasteiger partial charge is 0.306 e. The van der Waals surface area contributed by atoms with Gasteiger partial charge >= 0.3 is 11.9 Å². The van der Waals surface area contributed by atoms with Crippen molar-refractivity contribution >= 4 is 11.9 Å². The summed E-state index contributed by atoms with van der Waals surface area (Å²) in [5.41, 5.74) is 0. The highest BCUT2D eigenvalue weighted by Crippen LogP contribution is 2.13. The highest BCUT2D eigenvalue weighted by Gasteiger charge is 2.17. The zero-order valence-corrected chi connectivity index (χ0v) is 35.7. The summed E-state index contributed by atoms with van der Waals surface area (Å²) in [5.74, 6) is -0.426. The van der Waals surface area contributed by atoms with Gasteiger partial charge in [-0.2, -0.15) is 0 Å². The minimum atomic E-state index is -0.541. The van der Waals surface area contributed by atoms with Gasteiger partial charge in [-0.05, 0) is 83.5 Å². The van der Waals surface area contributed by atoms with E-state index in [1.54, 1.807) is 0 Å². The molecule has 0 amide bonds. The van der Waals surface area contributed by atoms with Crippen molar-refractivity contribution in [3.05, 3.63) is 60.8 Å². The number of hydrogen-bond acceptors (Lipinski definition) is 5. The summed E-state index contributed by atoms with van der Waals surface area (Å²) in [7, 11) is 0. The third-order valence-corrected chi connectivity index (χ3v) is 9.54. The molecule has 0 bridgehead atoms. The van der Waals surface area contributed by atoms with Gasteiger partial charge in [0.05, 0.1) is 6.61 Å². The summed E-state index contributed by atoms with van der Waals surface area (Å²) in [5, 5.41) is 0. The molecule has 5 heteroatoms. The Bertz CT molecular complexity index is 946. The zero-order chi connectivity index (χ0) is 39.3. The summed E-state index contributed by atoms with van der Waals surface area (Å²) < 4.78 is 17.2. The first-order chi connectivity index (χ1) is 26.6. The molecule has 1 atom stereocenters. The van der Waals surface area contributed by atoms with E-state index in [0.717, 1.165) is 89.9 Å². The fourth-order valence-corrected chi connectivity index (χ4v) is 6.14. The monoisotopic (exact) mass is 755 g/mol. The molecule has 0 aliphatic rings. The molecule has 0 saturated carbocycles. The van der Waals surface area contributed by atoms with Crippen LogP contribution in [0.25, 0.3) is 0 Å². The lowest BCUT2D eigenvalue weighted by Crippen LogP contribution is -2.30. The number of unbranched alkanes of at least 4 members (excludes halogenated alkanes) is 20. The van der Waals surface area contributed by atoms with E-state index in [2.05, 4.69) is 81.5 Å². The summed E-state index contributed by atoms with van der Waals surface area (Å²) >= 11 is 0. The van der Waals surface area contributed by atoms with Gasteiger partial charge in [0, 0.05) is 19.4 Å². The quantitative estimate of drug-likeness (QED) is 0.0353. The average molecular weight is 755 g/mol. The number of ether oxygens (including phenoxy) is 3. The summed E-state index contributed by atoms with van der Waals surface area (Å²) in [4.78, 5) is 25.2. The number of allylic oxidation sites excluding steroid dienone is 10. The van der Waals surface area contributed by atoms with Crippen molar-refractivity contribution in [1.82, 2.24) is 0 Å². The molecule has 0 aromatic rings. The second-order valence-corrected chi connectivity index (χ2v) is 14.9. The molecule has 0 aromatic carbocycles. The Labute approximate surface area is 334 Å². The van der Waals surface area contributed by atoms with Gasteiger partial charge in [-0.25, -0.2) is 0 Å². The van der Waals surface area contributed by atoms with E-state index in [1.807, 2.05) is 0 Å². The molecule has 0 spiro atoms. The van der Waals surface area contributed by atoms with Crippen LogP contribution in [0.15, 0.2) is 60.8 Å². The Morgan fingerprint density at radius 1 is 0.426 bits per heavy atom. The lowest BCUT2D eigenvalue weighted by atomic mass is 10.1. The second kappa shape index (κ2) is 45.0. The van der Waals surface area contributed by atoms with Crippen LogP contribution < -0.4 is 0 Å². The summed E-state index contributed by atoms with van der Waals surface area (Å²) in [6, 6.07) is 0. The SMILES string of the molecule is CC/C=C\C/C=C\C/C=C\C/C=C\CCCCCCCCC(=O)OCC(COCCCCCCCC)OC(=O)CCCCCCC/C=C\CCCCCC. The van der Waals surface area contributed by atoms with E-state index >= 15 is 0 Å². The van der Waals surface area contributed by atoms with E-state index in [-0.39, 0.29) is 25.2 Å². The molecule has 0 rings (SSSR count). The van der Waals surface area contributed by atoms with E-state index in [4.69, 9.17) is 14.2 Å². The predicted octanol–water partition coefficient (Wildman–Crippen LogP) is 15.0. The molecule has 0 aliphatic carbocycles. The highest BCUT2D eigenvalue weighted by molar-refractivity contribution is 5.70. The Hall–Kier alpha value is -2.40. The van der Waals surface area contributed by atoms with E-state index in [1.165, 1.54) is 89.9 Å². The lowest BCUT2D eigenvalue weighted by molar-refractivity contribution is -0.163. The van der Waals surface area contributed by atoms with Gasteiger partial charge in [-0.15, -0.1) is 0 Å². The topological polar surface area (TPSA) is 61.8 Å². The molecule has 0 aliphatic heterocycles. The maximum Gasteiger partial charge on any atom is 0.306 e. The zero-order valence-electron chi connectivity index (χ0n) is 35.7. The van der Waals surface area contributed by atoms with Gasteiger partial charge in [0.15, 0.2) is 6.10 Å². The molecule has 0 saturated heterocycles. The largest absolute Gasteiger partial charge is 0.462 e. The molecule has 0 heterocycles. The van der Waals surface area contributed by atoms with Gasteiger partial charge in [0.25, 0.3) is 0 Å². The lowest BCUT2D eigenvalue weighted by Gasteiger charge is -2.18. The van der Waals surface area contributed by atoms with E-state index in [9.17, 15) is 9.59 Å². The van der Waals surface area contributed by atoms with Crippen LogP contribution in [-0.2, 0) is 23.8 Å². The van der Waals surface area contributed by atoms with Crippen molar-refractivity contribution in [1.29, 1.82) is 0 Å². The Balaban J connectivity index is 4.14.